The van der Waals surface area contributed by atoms with Crippen LogP contribution >= 0.6 is 0 Å². The Balaban J connectivity index is 1.72. The summed E-state index contributed by atoms with van der Waals surface area (Å²) in [5.74, 6) is 1.90. The normalized spacial score (nSPS) is 15.4. The van der Waals surface area contributed by atoms with E-state index in [0.717, 1.165) is 31.3 Å². The molecule has 0 spiro atoms. The van der Waals surface area contributed by atoms with Crippen molar-refractivity contribution in [2.45, 2.75) is 45.6 Å². The fourth-order valence-electron chi connectivity index (χ4n) is 2.17. The average Bonchev–Trinajstić information content (AvgIpc) is 2.35. The van der Waals surface area contributed by atoms with Gasteiger partial charge in [-0.3, -0.25) is 0 Å². The molecule has 1 N–H and O–H groups in total. The van der Waals surface area contributed by atoms with Crippen molar-refractivity contribution in [3.8, 4) is 0 Å². The molecule has 1 aliphatic carbocycles. The van der Waals surface area contributed by atoms with Gasteiger partial charge in [-0.1, -0.05) is 32.3 Å². The number of nitrogens with zero attached hydrogens (tertiary/aromatic N) is 1. The van der Waals surface area contributed by atoms with E-state index in [1.54, 1.807) is 0 Å². The highest BCUT2D eigenvalue weighted by Crippen LogP contribution is 2.29. The molecule has 0 atom stereocenters. The van der Waals surface area contributed by atoms with Gasteiger partial charge in [0.1, 0.15) is 5.82 Å². The molecule has 0 aromatic carbocycles. The van der Waals surface area contributed by atoms with Gasteiger partial charge in [-0.05, 0) is 24.8 Å². The smallest absolute Gasteiger partial charge is 0.131 e. The number of ether oxygens (including phenoxy) is 1. The topological polar surface area (TPSA) is 34.2 Å². The zero-order valence-electron chi connectivity index (χ0n) is 11.3. The number of nitrogens with one attached hydrogen (secondary N) is 1. The lowest BCUT2D eigenvalue weighted by Gasteiger charge is -2.24. The number of rotatable bonds is 8. The first kappa shape index (κ1) is 13.3. The Morgan fingerprint density at radius 3 is 3.06 bits per heavy atom. The Morgan fingerprint density at radius 2 is 2.33 bits per heavy atom. The van der Waals surface area contributed by atoms with Gasteiger partial charge in [0.25, 0.3) is 0 Å². The van der Waals surface area contributed by atoms with Crippen molar-refractivity contribution in [1.29, 1.82) is 0 Å². The SMILES string of the molecule is CCCNc1ncccc1COCCC1CCC1. The second kappa shape index (κ2) is 7.37. The number of aromatic nitrogens is 1. The fraction of sp³-hybridized carbons (Fsp3) is 0.667. The summed E-state index contributed by atoms with van der Waals surface area (Å²) in [6.45, 7) is 4.68. The third-order valence-electron chi connectivity index (χ3n) is 3.59. The first-order valence-corrected chi connectivity index (χ1v) is 7.15. The molecule has 18 heavy (non-hydrogen) atoms. The molecule has 2 rings (SSSR count). The highest BCUT2D eigenvalue weighted by atomic mass is 16.5. The Hall–Kier alpha value is -1.09. The summed E-state index contributed by atoms with van der Waals surface area (Å²) in [4.78, 5) is 4.37. The van der Waals surface area contributed by atoms with E-state index in [1.807, 2.05) is 12.3 Å². The summed E-state index contributed by atoms with van der Waals surface area (Å²) in [5, 5.41) is 3.34. The summed E-state index contributed by atoms with van der Waals surface area (Å²) < 4.78 is 5.77. The fourth-order valence-corrected chi connectivity index (χ4v) is 2.17. The van der Waals surface area contributed by atoms with Gasteiger partial charge in [0.05, 0.1) is 6.61 Å². The van der Waals surface area contributed by atoms with Gasteiger partial charge in [0.2, 0.25) is 0 Å². The maximum absolute atomic E-state index is 5.77. The Morgan fingerprint density at radius 1 is 1.44 bits per heavy atom. The predicted octanol–water partition coefficient (Wildman–Crippen LogP) is 3.61. The van der Waals surface area contributed by atoms with Gasteiger partial charge >= 0.3 is 0 Å². The average molecular weight is 248 g/mol. The van der Waals surface area contributed by atoms with Gasteiger partial charge < -0.3 is 10.1 Å². The van der Waals surface area contributed by atoms with E-state index in [4.69, 9.17) is 4.74 Å². The van der Waals surface area contributed by atoms with Crippen LogP contribution in [-0.2, 0) is 11.3 Å². The summed E-state index contributed by atoms with van der Waals surface area (Å²) in [7, 11) is 0. The number of pyridine rings is 1. The lowest BCUT2D eigenvalue weighted by atomic mass is 9.83. The van der Waals surface area contributed by atoms with Gasteiger partial charge in [-0.15, -0.1) is 0 Å². The lowest BCUT2D eigenvalue weighted by molar-refractivity contribution is 0.0951. The first-order chi connectivity index (χ1) is 8.90. The van der Waals surface area contributed by atoms with Crippen LogP contribution in [0.25, 0.3) is 0 Å². The second-order valence-electron chi connectivity index (χ2n) is 5.08. The molecule has 100 valence electrons. The summed E-state index contributed by atoms with van der Waals surface area (Å²) >= 11 is 0. The van der Waals surface area contributed by atoms with Crippen molar-refractivity contribution in [2.75, 3.05) is 18.5 Å². The first-order valence-electron chi connectivity index (χ1n) is 7.15. The van der Waals surface area contributed by atoms with Crippen LogP contribution in [0.3, 0.4) is 0 Å². The van der Waals surface area contributed by atoms with Gasteiger partial charge in [0, 0.05) is 24.9 Å². The minimum absolute atomic E-state index is 0.673. The molecular weight excluding hydrogens is 224 g/mol. The van der Waals surface area contributed by atoms with Crippen molar-refractivity contribution in [2.24, 2.45) is 5.92 Å². The number of hydrogen-bond donors (Lipinski definition) is 1. The van der Waals surface area contributed by atoms with Crippen molar-refractivity contribution in [3.05, 3.63) is 23.9 Å². The largest absolute Gasteiger partial charge is 0.377 e. The molecule has 1 aromatic rings. The molecule has 0 unspecified atom stereocenters. The van der Waals surface area contributed by atoms with Crippen LogP contribution in [0.5, 0.6) is 0 Å². The molecule has 1 saturated carbocycles. The van der Waals surface area contributed by atoms with Crippen LogP contribution in [0.1, 0.15) is 44.6 Å². The highest BCUT2D eigenvalue weighted by molar-refractivity contribution is 5.43. The molecule has 1 heterocycles. The zero-order valence-corrected chi connectivity index (χ0v) is 11.3. The van der Waals surface area contributed by atoms with Crippen LogP contribution in [0, 0.1) is 5.92 Å². The van der Waals surface area contributed by atoms with Gasteiger partial charge in [-0.2, -0.15) is 0 Å². The maximum Gasteiger partial charge on any atom is 0.131 e. The van der Waals surface area contributed by atoms with E-state index in [-0.39, 0.29) is 0 Å². The van der Waals surface area contributed by atoms with Crippen molar-refractivity contribution in [3.63, 3.8) is 0 Å². The van der Waals surface area contributed by atoms with E-state index in [2.05, 4.69) is 23.3 Å². The minimum Gasteiger partial charge on any atom is -0.377 e. The Kier molecular flexibility index (Phi) is 5.46. The standard InChI is InChI=1S/C15H24N2O/c1-2-9-16-15-14(7-4-10-17-15)12-18-11-8-13-5-3-6-13/h4,7,10,13H,2-3,5-6,8-9,11-12H2,1H3,(H,16,17). The van der Waals surface area contributed by atoms with E-state index in [0.29, 0.717) is 6.61 Å². The summed E-state index contributed by atoms with van der Waals surface area (Å²) in [5.41, 5.74) is 1.17. The van der Waals surface area contributed by atoms with E-state index < -0.39 is 0 Å². The highest BCUT2D eigenvalue weighted by Gasteiger charge is 2.16. The predicted molar refractivity (Wildman–Crippen MR) is 74.6 cm³/mol. The van der Waals surface area contributed by atoms with E-state index in [1.165, 1.54) is 31.2 Å². The molecule has 3 nitrogen and oxygen atoms in total. The second-order valence-corrected chi connectivity index (χ2v) is 5.08. The van der Waals surface area contributed by atoms with Gasteiger partial charge in [-0.25, -0.2) is 4.98 Å². The summed E-state index contributed by atoms with van der Waals surface area (Å²) in [6.07, 6.45) is 8.38. The van der Waals surface area contributed by atoms with E-state index >= 15 is 0 Å². The van der Waals surface area contributed by atoms with Crippen LogP contribution in [0.15, 0.2) is 18.3 Å². The lowest BCUT2D eigenvalue weighted by Crippen LogP contribution is -2.13. The van der Waals surface area contributed by atoms with E-state index in [9.17, 15) is 0 Å². The number of hydrogen-bond acceptors (Lipinski definition) is 3. The Bertz CT molecular complexity index is 350. The van der Waals surface area contributed by atoms with Crippen molar-refractivity contribution < 1.29 is 4.74 Å². The van der Waals surface area contributed by atoms with Crippen LogP contribution in [0.2, 0.25) is 0 Å². The van der Waals surface area contributed by atoms with Crippen LogP contribution < -0.4 is 5.32 Å². The van der Waals surface area contributed by atoms with Crippen molar-refractivity contribution in [1.82, 2.24) is 4.98 Å². The van der Waals surface area contributed by atoms with Gasteiger partial charge in [0.15, 0.2) is 0 Å². The molecule has 0 aliphatic heterocycles. The van der Waals surface area contributed by atoms with Crippen LogP contribution in [0.4, 0.5) is 5.82 Å². The van der Waals surface area contributed by atoms with Crippen LogP contribution in [-0.4, -0.2) is 18.1 Å². The van der Waals surface area contributed by atoms with Crippen molar-refractivity contribution >= 4 is 5.82 Å². The molecule has 3 heteroatoms. The molecule has 0 bridgehead atoms. The quantitative estimate of drug-likeness (QED) is 0.714. The molecular formula is C15H24N2O. The molecule has 1 aromatic heterocycles. The molecule has 1 fully saturated rings. The third-order valence-corrected chi connectivity index (χ3v) is 3.59. The molecule has 1 aliphatic rings. The molecule has 0 saturated heterocycles. The maximum atomic E-state index is 5.77. The monoisotopic (exact) mass is 248 g/mol. The number of anilines is 1. The molecule has 0 radical (unpaired) electrons. The third kappa shape index (κ3) is 3.98. The summed E-state index contributed by atoms with van der Waals surface area (Å²) in [6, 6.07) is 4.07. The molecule has 0 amide bonds. The Labute approximate surface area is 110 Å². The minimum atomic E-state index is 0.673. The zero-order chi connectivity index (χ0) is 12.6.